The number of nitrogens with zero attached hydrogens (tertiary/aromatic N) is 2. The molecule has 18 heavy (non-hydrogen) atoms. The van der Waals surface area contributed by atoms with Crippen molar-refractivity contribution in [1.29, 1.82) is 0 Å². The van der Waals surface area contributed by atoms with Gasteiger partial charge >= 0.3 is 0 Å². The normalized spacial score (nSPS) is 11.3. The highest BCUT2D eigenvalue weighted by Gasteiger charge is 2.01. The van der Waals surface area contributed by atoms with Gasteiger partial charge in [-0.05, 0) is 13.3 Å². The number of nitrogens with one attached hydrogen (secondary N) is 2. The van der Waals surface area contributed by atoms with Gasteiger partial charge in [0.1, 0.15) is 6.26 Å². The minimum Gasteiger partial charge on any atom is -0.440 e. The predicted molar refractivity (Wildman–Crippen MR) is 68.6 cm³/mol. The van der Waals surface area contributed by atoms with Gasteiger partial charge in [-0.1, -0.05) is 11.8 Å². The molecule has 1 heterocycles. The van der Waals surface area contributed by atoms with Crippen molar-refractivity contribution in [3.63, 3.8) is 0 Å². The fourth-order valence-corrected chi connectivity index (χ4v) is 1.91. The molecule has 0 amide bonds. The predicted octanol–water partition coefficient (Wildman–Crippen LogP) is 1.43. The van der Waals surface area contributed by atoms with E-state index < -0.39 is 4.92 Å². The monoisotopic (exact) mass is 272 g/mol. The number of hydrogen-bond acceptors (Lipinski definition) is 7. The van der Waals surface area contributed by atoms with Gasteiger partial charge in [-0.3, -0.25) is 10.1 Å². The molecule has 7 nitrogen and oxygen atoms in total. The number of oxazole rings is 1. The lowest BCUT2D eigenvalue weighted by atomic mass is 10.5. The Bertz CT molecular complexity index is 380. The second kappa shape index (κ2) is 8.40. The van der Waals surface area contributed by atoms with Crippen LogP contribution >= 0.6 is 11.8 Å². The third-order valence-corrected chi connectivity index (χ3v) is 2.81. The molecule has 0 aliphatic carbocycles. The summed E-state index contributed by atoms with van der Waals surface area (Å²) in [5.41, 5.74) is 0. The maximum absolute atomic E-state index is 10.4. The molecule has 0 saturated heterocycles. The van der Waals surface area contributed by atoms with Crippen LogP contribution in [0.1, 0.15) is 13.3 Å². The minimum atomic E-state index is -0.480. The lowest BCUT2D eigenvalue weighted by Crippen LogP contribution is -2.28. The number of nitro groups is 1. The smallest absolute Gasteiger partial charge is 0.274 e. The molecular weight excluding hydrogens is 256 g/mol. The number of rotatable bonds is 9. The van der Waals surface area contributed by atoms with E-state index in [2.05, 4.69) is 15.6 Å². The summed E-state index contributed by atoms with van der Waals surface area (Å²) in [5, 5.41) is 16.9. The molecule has 0 spiro atoms. The van der Waals surface area contributed by atoms with Gasteiger partial charge in [-0.2, -0.15) is 0 Å². The zero-order valence-electron chi connectivity index (χ0n) is 10.1. The molecule has 1 rings (SSSR count). The summed E-state index contributed by atoms with van der Waals surface area (Å²) in [6.07, 6.45) is 4.92. The molecule has 0 aromatic carbocycles. The van der Waals surface area contributed by atoms with Gasteiger partial charge in [0.2, 0.25) is 0 Å². The van der Waals surface area contributed by atoms with E-state index in [4.69, 9.17) is 4.42 Å². The topological polar surface area (TPSA) is 93.2 Å². The van der Waals surface area contributed by atoms with Crippen LogP contribution in [-0.2, 0) is 0 Å². The quantitative estimate of drug-likeness (QED) is 0.304. The molecule has 0 bridgehead atoms. The number of hydrogen-bond donors (Lipinski definition) is 2. The average molecular weight is 272 g/mol. The molecule has 1 aromatic heterocycles. The summed E-state index contributed by atoms with van der Waals surface area (Å²) in [5.74, 6) is 1.27. The van der Waals surface area contributed by atoms with Gasteiger partial charge < -0.3 is 15.1 Å². The summed E-state index contributed by atoms with van der Waals surface area (Å²) < 4.78 is 5.07. The van der Waals surface area contributed by atoms with Gasteiger partial charge in [0, 0.05) is 18.8 Å². The maximum Gasteiger partial charge on any atom is 0.274 e. The van der Waals surface area contributed by atoms with Crippen LogP contribution in [0.25, 0.3) is 0 Å². The van der Waals surface area contributed by atoms with Crippen LogP contribution in [0.3, 0.4) is 0 Å². The van der Waals surface area contributed by atoms with E-state index in [9.17, 15) is 10.1 Å². The molecule has 0 aliphatic heterocycles. The van der Waals surface area contributed by atoms with Crippen molar-refractivity contribution >= 4 is 11.8 Å². The van der Waals surface area contributed by atoms with E-state index in [0.717, 1.165) is 18.4 Å². The molecule has 0 unspecified atom stereocenters. The zero-order valence-corrected chi connectivity index (χ0v) is 10.9. The number of thioether (sulfide) groups is 1. The molecule has 0 radical (unpaired) electrons. The van der Waals surface area contributed by atoms with E-state index in [1.54, 1.807) is 6.20 Å². The van der Waals surface area contributed by atoms with Crippen LogP contribution in [0.2, 0.25) is 0 Å². The summed E-state index contributed by atoms with van der Waals surface area (Å²) in [7, 11) is 0. The van der Waals surface area contributed by atoms with Crippen molar-refractivity contribution in [2.45, 2.75) is 18.6 Å². The summed E-state index contributed by atoms with van der Waals surface area (Å²) >= 11 is 1.51. The first-order chi connectivity index (χ1) is 8.72. The minimum absolute atomic E-state index is 0.434. The first kappa shape index (κ1) is 14.4. The van der Waals surface area contributed by atoms with Gasteiger partial charge in [0.25, 0.3) is 11.4 Å². The molecule has 1 aromatic rings. The van der Waals surface area contributed by atoms with Crippen molar-refractivity contribution in [3.8, 4) is 0 Å². The second-order valence-electron chi connectivity index (χ2n) is 3.29. The maximum atomic E-state index is 10.4. The zero-order chi connectivity index (χ0) is 13.2. The van der Waals surface area contributed by atoms with E-state index in [0.29, 0.717) is 24.1 Å². The van der Waals surface area contributed by atoms with Gasteiger partial charge in [-0.15, -0.1) is 0 Å². The standard InChI is InChI=1S/C10H16N4O3S/c1-2-11-9(8-14(15)16)12-4-3-7-18-10-13-5-6-17-10/h5-6,8,11-12H,2-4,7H2,1H3/b9-8-. The average Bonchev–Trinajstić information content (AvgIpc) is 2.81. The van der Waals surface area contributed by atoms with Crippen LogP contribution in [0.15, 0.2) is 34.1 Å². The van der Waals surface area contributed by atoms with Gasteiger partial charge in [0.05, 0.1) is 11.1 Å². The van der Waals surface area contributed by atoms with Crippen molar-refractivity contribution in [3.05, 3.63) is 34.6 Å². The van der Waals surface area contributed by atoms with Crippen LogP contribution in [0.4, 0.5) is 0 Å². The highest BCUT2D eigenvalue weighted by Crippen LogP contribution is 2.14. The highest BCUT2D eigenvalue weighted by molar-refractivity contribution is 7.99. The second-order valence-corrected chi connectivity index (χ2v) is 4.33. The van der Waals surface area contributed by atoms with E-state index >= 15 is 0 Å². The SMILES string of the molecule is CCN/C(=C/[N+](=O)[O-])NCCCSc1ncco1. The Morgan fingerprint density at radius 1 is 1.67 bits per heavy atom. The van der Waals surface area contributed by atoms with Crippen molar-refractivity contribution in [2.75, 3.05) is 18.8 Å². The Morgan fingerprint density at radius 3 is 3.11 bits per heavy atom. The van der Waals surface area contributed by atoms with Crippen molar-refractivity contribution in [1.82, 2.24) is 15.6 Å². The lowest BCUT2D eigenvalue weighted by molar-refractivity contribution is -0.404. The first-order valence-corrected chi connectivity index (χ1v) is 6.56. The van der Waals surface area contributed by atoms with E-state index in [1.807, 2.05) is 6.92 Å². The summed E-state index contributed by atoms with van der Waals surface area (Å²) in [6.45, 7) is 3.17. The molecule has 0 saturated carbocycles. The Morgan fingerprint density at radius 2 is 2.50 bits per heavy atom. The fourth-order valence-electron chi connectivity index (χ4n) is 1.19. The van der Waals surface area contributed by atoms with Crippen molar-refractivity contribution in [2.24, 2.45) is 0 Å². The van der Waals surface area contributed by atoms with Crippen LogP contribution in [0, 0.1) is 10.1 Å². The Labute approximate surface area is 109 Å². The summed E-state index contributed by atoms with van der Waals surface area (Å²) in [4.78, 5) is 13.9. The molecule has 2 N–H and O–H groups in total. The third-order valence-electron chi connectivity index (χ3n) is 1.87. The van der Waals surface area contributed by atoms with Crippen LogP contribution < -0.4 is 10.6 Å². The fraction of sp³-hybridized carbons (Fsp3) is 0.500. The molecule has 100 valence electrons. The van der Waals surface area contributed by atoms with Crippen LogP contribution in [-0.4, -0.2) is 28.7 Å². The lowest BCUT2D eigenvalue weighted by Gasteiger charge is -2.08. The molecule has 8 heteroatoms. The Hall–Kier alpha value is -1.70. The third kappa shape index (κ3) is 6.14. The Balaban J connectivity index is 2.16. The molecule has 0 aliphatic rings. The molecule has 0 fully saturated rings. The van der Waals surface area contributed by atoms with E-state index in [1.165, 1.54) is 18.0 Å². The molecule has 0 atom stereocenters. The largest absolute Gasteiger partial charge is 0.440 e. The highest BCUT2D eigenvalue weighted by atomic mass is 32.2. The summed E-state index contributed by atoms with van der Waals surface area (Å²) in [6, 6.07) is 0. The van der Waals surface area contributed by atoms with Gasteiger partial charge in [-0.25, -0.2) is 4.98 Å². The van der Waals surface area contributed by atoms with Gasteiger partial charge in [0.15, 0.2) is 5.82 Å². The van der Waals surface area contributed by atoms with Crippen molar-refractivity contribution < 1.29 is 9.34 Å². The Kier molecular flexibility index (Phi) is 6.70. The number of aromatic nitrogens is 1. The van der Waals surface area contributed by atoms with E-state index in [-0.39, 0.29) is 0 Å². The first-order valence-electron chi connectivity index (χ1n) is 5.57. The van der Waals surface area contributed by atoms with Crippen LogP contribution in [0.5, 0.6) is 0 Å². The molecular formula is C10H16N4O3S.